The highest BCUT2D eigenvalue weighted by Gasteiger charge is 2.32. The van der Waals surface area contributed by atoms with Crippen molar-refractivity contribution >= 4 is 5.97 Å². The monoisotopic (exact) mass is 542 g/mol. The van der Waals surface area contributed by atoms with Gasteiger partial charge in [-0.3, -0.25) is 0 Å². The minimum atomic E-state index is -0.562. The molecule has 8 heteroatoms. The van der Waals surface area contributed by atoms with Gasteiger partial charge in [-0.1, -0.05) is 44.0 Å². The van der Waals surface area contributed by atoms with E-state index in [0.29, 0.717) is 53.9 Å². The second kappa shape index (κ2) is 13.4. The number of nitriles is 1. The van der Waals surface area contributed by atoms with E-state index in [4.69, 9.17) is 29.4 Å². The fraction of sp³-hybridized carbons (Fsp3) is 0.312. The number of nitrogens with two attached hydrogens (primary N) is 1. The first-order chi connectivity index (χ1) is 19.5. The highest BCUT2D eigenvalue weighted by Crippen LogP contribution is 2.45. The van der Waals surface area contributed by atoms with Crippen molar-refractivity contribution in [2.75, 3.05) is 19.8 Å². The van der Waals surface area contributed by atoms with Crippen LogP contribution < -0.4 is 29.4 Å². The van der Waals surface area contributed by atoms with E-state index in [1.165, 1.54) is 0 Å². The van der Waals surface area contributed by atoms with E-state index >= 15 is 0 Å². The van der Waals surface area contributed by atoms with Gasteiger partial charge in [0.15, 0.2) is 11.5 Å². The largest absolute Gasteiger partial charge is 0.493 e. The maximum Gasteiger partial charge on any atom is 0.347 e. The van der Waals surface area contributed by atoms with E-state index in [1.807, 2.05) is 32.0 Å². The zero-order valence-electron chi connectivity index (χ0n) is 23.1. The molecule has 0 amide bonds. The summed E-state index contributed by atoms with van der Waals surface area (Å²) in [6.45, 7) is 7.38. The lowest BCUT2D eigenvalue weighted by Gasteiger charge is -2.27. The zero-order valence-corrected chi connectivity index (χ0v) is 23.1. The second-order valence-corrected chi connectivity index (χ2v) is 9.14. The number of unbranched alkanes of at least 4 members (excludes halogenated alkanes) is 2. The number of ether oxygens (including phenoxy) is 5. The third-order valence-electron chi connectivity index (χ3n) is 6.41. The number of allylic oxidation sites excluding steroid dienone is 1. The molecule has 1 atom stereocenters. The summed E-state index contributed by atoms with van der Waals surface area (Å²) < 4.78 is 28.9. The fourth-order valence-electron chi connectivity index (χ4n) is 4.55. The predicted molar refractivity (Wildman–Crippen MR) is 151 cm³/mol. The molecule has 1 heterocycles. The van der Waals surface area contributed by atoms with Gasteiger partial charge in [-0.15, -0.1) is 0 Å². The standard InChI is InChI=1S/C32H34N2O6/c1-4-7-10-17-38-27-16-13-21(18-29(27)37-6-3)30-23-15-14-22(19-28(23)40-31(34)25(30)20-33)39-32(35)24-11-8-9-12-26(24)36-5-2/h8-9,11-16,18-19,30H,4-7,10,17,34H2,1-3H3. The number of hydrogen-bond acceptors (Lipinski definition) is 8. The molecule has 40 heavy (non-hydrogen) atoms. The van der Waals surface area contributed by atoms with E-state index in [-0.39, 0.29) is 17.2 Å². The molecule has 3 aromatic carbocycles. The van der Waals surface area contributed by atoms with Gasteiger partial charge < -0.3 is 29.4 Å². The zero-order chi connectivity index (χ0) is 28.5. The first kappa shape index (κ1) is 28.4. The lowest BCUT2D eigenvalue weighted by atomic mass is 9.83. The first-order valence-electron chi connectivity index (χ1n) is 13.6. The van der Waals surface area contributed by atoms with Crippen molar-refractivity contribution in [3.63, 3.8) is 0 Å². The maximum absolute atomic E-state index is 12.9. The number of hydrogen-bond donors (Lipinski definition) is 1. The summed E-state index contributed by atoms with van der Waals surface area (Å²) in [5.41, 5.74) is 8.30. The first-order valence-corrected chi connectivity index (χ1v) is 13.6. The van der Waals surface area contributed by atoms with Crippen LogP contribution in [-0.2, 0) is 0 Å². The molecule has 3 aromatic rings. The number of rotatable bonds is 12. The molecule has 208 valence electrons. The Kier molecular flexibility index (Phi) is 9.53. The van der Waals surface area contributed by atoms with Crippen LogP contribution in [0.2, 0.25) is 0 Å². The molecule has 8 nitrogen and oxygen atoms in total. The molecule has 1 aliphatic heterocycles. The summed E-state index contributed by atoms with van der Waals surface area (Å²) in [6.07, 6.45) is 3.15. The lowest BCUT2D eigenvalue weighted by Crippen LogP contribution is -2.21. The van der Waals surface area contributed by atoms with Crippen LogP contribution in [0.25, 0.3) is 0 Å². The van der Waals surface area contributed by atoms with Gasteiger partial charge in [-0.05, 0) is 56.2 Å². The fourth-order valence-corrected chi connectivity index (χ4v) is 4.55. The Bertz CT molecular complexity index is 1430. The normalized spacial score (nSPS) is 14.0. The summed E-state index contributed by atoms with van der Waals surface area (Å²) in [5.74, 6) is 1.27. The Hall–Kier alpha value is -4.64. The van der Waals surface area contributed by atoms with Crippen LogP contribution in [-0.4, -0.2) is 25.8 Å². The van der Waals surface area contributed by atoms with Gasteiger partial charge in [-0.2, -0.15) is 5.26 Å². The third-order valence-corrected chi connectivity index (χ3v) is 6.41. The molecule has 0 bridgehead atoms. The average Bonchev–Trinajstić information content (AvgIpc) is 2.95. The molecule has 1 aliphatic rings. The number of esters is 1. The van der Waals surface area contributed by atoms with Gasteiger partial charge in [0.1, 0.15) is 34.5 Å². The van der Waals surface area contributed by atoms with E-state index in [9.17, 15) is 10.1 Å². The molecule has 0 aromatic heterocycles. The van der Waals surface area contributed by atoms with Crippen molar-refractivity contribution in [2.24, 2.45) is 5.73 Å². The highest BCUT2D eigenvalue weighted by molar-refractivity contribution is 5.94. The summed E-state index contributed by atoms with van der Waals surface area (Å²) in [7, 11) is 0. The Balaban J connectivity index is 1.65. The summed E-state index contributed by atoms with van der Waals surface area (Å²) >= 11 is 0. The molecule has 1 unspecified atom stereocenters. The smallest absolute Gasteiger partial charge is 0.347 e. The predicted octanol–water partition coefficient (Wildman–Crippen LogP) is 6.49. The second-order valence-electron chi connectivity index (χ2n) is 9.14. The highest BCUT2D eigenvalue weighted by atomic mass is 16.5. The van der Waals surface area contributed by atoms with Gasteiger partial charge >= 0.3 is 5.97 Å². The molecule has 0 aliphatic carbocycles. The van der Waals surface area contributed by atoms with Gasteiger partial charge in [-0.25, -0.2) is 4.79 Å². The number of para-hydroxylation sites is 1. The van der Waals surface area contributed by atoms with Crippen molar-refractivity contribution in [3.8, 4) is 34.8 Å². The van der Waals surface area contributed by atoms with Crippen LogP contribution in [0, 0.1) is 11.3 Å². The number of carbonyl (C=O) groups is 1. The van der Waals surface area contributed by atoms with Crippen molar-refractivity contribution in [1.82, 2.24) is 0 Å². The van der Waals surface area contributed by atoms with Crippen LogP contribution in [0.15, 0.2) is 72.1 Å². The van der Waals surface area contributed by atoms with Crippen molar-refractivity contribution in [2.45, 2.75) is 46.0 Å². The van der Waals surface area contributed by atoms with E-state index in [1.54, 1.807) is 42.5 Å². The van der Waals surface area contributed by atoms with Crippen LogP contribution in [0.3, 0.4) is 0 Å². The SMILES string of the molecule is CCCCCOc1ccc(C2C(C#N)=C(N)Oc3cc(OC(=O)c4ccccc4OCC)ccc32)cc1OCC. The van der Waals surface area contributed by atoms with Gasteiger partial charge in [0.05, 0.1) is 25.7 Å². The molecule has 4 rings (SSSR count). The molecule has 2 N–H and O–H groups in total. The minimum absolute atomic E-state index is 0.0111. The van der Waals surface area contributed by atoms with E-state index in [2.05, 4.69) is 13.0 Å². The molecular weight excluding hydrogens is 508 g/mol. The third kappa shape index (κ3) is 6.32. The van der Waals surface area contributed by atoms with E-state index < -0.39 is 11.9 Å². The van der Waals surface area contributed by atoms with Crippen molar-refractivity contribution in [3.05, 3.63) is 88.8 Å². The van der Waals surface area contributed by atoms with Crippen LogP contribution in [0.4, 0.5) is 0 Å². The summed E-state index contributed by atoms with van der Waals surface area (Å²) in [5, 5.41) is 9.98. The van der Waals surface area contributed by atoms with E-state index in [0.717, 1.165) is 24.8 Å². The average molecular weight is 543 g/mol. The van der Waals surface area contributed by atoms with Crippen LogP contribution in [0.1, 0.15) is 67.4 Å². The van der Waals surface area contributed by atoms with Crippen molar-refractivity contribution in [1.29, 1.82) is 5.26 Å². The van der Waals surface area contributed by atoms with Gasteiger partial charge in [0, 0.05) is 11.6 Å². The van der Waals surface area contributed by atoms with Crippen LogP contribution in [0.5, 0.6) is 28.7 Å². The summed E-state index contributed by atoms with van der Waals surface area (Å²) in [6, 6.07) is 19.8. The Labute approximate surface area is 234 Å². The van der Waals surface area contributed by atoms with Crippen molar-refractivity contribution < 1.29 is 28.5 Å². The number of benzene rings is 3. The lowest BCUT2D eigenvalue weighted by molar-refractivity contribution is 0.0730. The minimum Gasteiger partial charge on any atom is -0.493 e. The molecule has 0 fully saturated rings. The molecule has 0 saturated carbocycles. The maximum atomic E-state index is 12.9. The van der Waals surface area contributed by atoms with Gasteiger partial charge in [0.25, 0.3) is 0 Å². The number of nitrogens with zero attached hydrogens (tertiary/aromatic N) is 1. The number of fused-ring (bicyclic) bond motifs is 1. The Morgan fingerprint density at radius 2 is 1.70 bits per heavy atom. The number of carbonyl (C=O) groups excluding carboxylic acids is 1. The molecular formula is C32H34N2O6. The van der Waals surface area contributed by atoms with Gasteiger partial charge in [0.2, 0.25) is 5.88 Å². The quantitative estimate of drug-likeness (QED) is 0.157. The molecule has 0 spiro atoms. The molecule has 0 radical (unpaired) electrons. The molecule has 0 saturated heterocycles. The van der Waals surface area contributed by atoms with Crippen LogP contribution >= 0.6 is 0 Å². The Morgan fingerprint density at radius 1 is 0.925 bits per heavy atom. The summed E-state index contributed by atoms with van der Waals surface area (Å²) in [4.78, 5) is 12.9. The topological polar surface area (TPSA) is 113 Å². The Morgan fingerprint density at radius 3 is 2.45 bits per heavy atom.